The summed E-state index contributed by atoms with van der Waals surface area (Å²) in [6.07, 6.45) is 1.58. The van der Waals surface area contributed by atoms with Gasteiger partial charge in [-0.2, -0.15) is 5.10 Å². The molecule has 0 aliphatic carbocycles. The molecule has 0 saturated heterocycles. The number of nitrogens with zero attached hydrogens (tertiary/aromatic N) is 3. The lowest BCUT2D eigenvalue weighted by atomic mass is 10.1. The van der Waals surface area contributed by atoms with Crippen LogP contribution in [0, 0.1) is 13.8 Å². The van der Waals surface area contributed by atoms with E-state index in [1.165, 1.54) is 5.56 Å². The van der Waals surface area contributed by atoms with Gasteiger partial charge < -0.3 is 4.90 Å². The van der Waals surface area contributed by atoms with Crippen molar-refractivity contribution < 1.29 is 4.79 Å². The highest BCUT2D eigenvalue weighted by Gasteiger charge is 2.14. The first kappa shape index (κ1) is 14.3. The van der Waals surface area contributed by atoms with Gasteiger partial charge in [-0.1, -0.05) is 29.8 Å². The average molecular weight is 294 g/mol. The quantitative estimate of drug-likeness (QED) is 0.808. The van der Waals surface area contributed by atoms with Crippen LogP contribution in [0.2, 0.25) is 0 Å². The zero-order chi connectivity index (χ0) is 15.7. The molecule has 5 nitrogen and oxygen atoms in total. The number of H-pyrrole nitrogens is 1. The molecule has 22 heavy (non-hydrogen) atoms. The average Bonchev–Trinajstić information content (AvgIpc) is 2.89. The number of nitrogens with one attached hydrogen (secondary N) is 1. The van der Waals surface area contributed by atoms with Crippen molar-refractivity contribution >= 4 is 16.9 Å². The Hall–Kier alpha value is -2.69. The maximum absolute atomic E-state index is 12.5. The van der Waals surface area contributed by atoms with E-state index in [0.29, 0.717) is 17.8 Å². The molecular formula is C17H18N4O. The number of aromatic nitrogens is 3. The van der Waals surface area contributed by atoms with Crippen molar-refractivity contribution in [3.05, 3.63) is 58.9 Å². The van der Waals surface area contributed by atoms with Crippen LogP contribution in [0.4, 0.5) is 0 Å². The van der Waals surface area contributed by atoms with Gasteiger partial charge >= 0.3 is 0 Å². The highest BCUT2D eigenvalue weighted by atomic mass is 16.2. The van der Waals surface area contributed by atoms with Gasteiger partial charge in [-0.3, -0.25) is 9.89 Å². The monoisotopic (exact) mass is 294 g/mol. The van der Waals surface area contributed by atoms with Crippen LogP contribution in [-0.2, 0) is 6.54 Å². The second-order valence-electron chi connectivity index (χ2n) is 5.59. The fourth-order valence-corrected chi connectivity index (χ4v) is 2.40. The minimum absolute atomic E-state index is 0.0458. The number of pyridine rings is 1. The summed E-state index contributed by atoms with van der Waals surface area (Å²) in [6, 6.07) is 10.0. The number of aryl methyl sites for hydroxylation is 2. The Morgan fingerprint density at radius 3 is 2.68 bits per heavy atom. The van der Waals surface area contributed by atoms with Crippen LogP contribution in [0.3, 0.4) is 0 Å². The summed E-state index contributed by atoms with van der Waals surface area (Å²) in [7, 11) is 1.80. The first-order valence-electron chi connectivity index (χ1n) is 7.16. The van der Waals surface area contributed by atoms with E-state index in [1.807, 2.05) is 32.0 Å². The Bertz CT molecular complexity index is 820. The summed E-state index contributed by atoms with van der Waals surface area (Å²) < 4.78 is 0. The van der Waals surface area contributed by atoms with E-state index >= 15 is 0 Å². The van der Waals surface area contributed by atoms with Crippen LogP contribution < -0.4 is 0 Å². The van der Waals surface area contributed by atoms with Crippen LogP contribution in [0.15, 0.2) is 36.5 Å². The van der Waals surface area contributed by atoms with Crippen LogP contribution in [-0.4, -0.2) is 33.0 Å². The number of rotatable bonds is 3. The second-order valence-corrected chi connectivity index (χ2v) is 5.59. The van der Waals surface area contributed by atoms with E-state index in [2.05, 4.69) is 27.3 Å². The fraction of sp³-hybridized carbons (Fsp3) is 0.235. The van der Waals surface area contributed by atoms with Crippen LogP contribution in [0.1, 0.15) is 27.2 Å². The largest absolute Gasteiger partial charge is 0.337 e. The topological polar surface area (TPSA) is 61.9 Å². The number of amides is 1. The Morgan fingerprint density at radius 2 is 1.95 bits per heavy atom. The molecule has 1 aromatic carbocycles. The maximum Gasteiger partial charge on any atom is 0.255 e. The minimum atomic E-state index is -0.0458. The van der Waals surface area contributed by atoms with E-state index in [1.54, 1.807) is 18.1 Å². The second kappa shape index (κ2) is 5.60. The Balaban J connectivity index is 1.81. The molecule has 0 radical (unpaired) electrons. The lowest BCUT2D eigenvalue weighted by molar-refractivity contribution is 0.0785. The number of hydrogen-bond donors (Lipinski definition) is 1. The van der Waals surface area contributed by atoms with E-state index in [9.17, 15) is 4.79 Å². The predicted octanol–water partition coefficient (Wildman–Crippen LogP) is 2.85. The van der Waals surface area contributed by atoms with Gasteiger partial charge in [0.25, 0.3) is 5.91 Å². The molecule has 0 aliphatic heterocycles. The summed E-state index contributed by atoms with van der Waals surface area (Å²) in [5.41, 5.74) is 4.44. The van der Waals surface area contributed by atoms with Gasteiger partial charge in [0.2, 0.25) is 0 Å². The molecule has 2 heterocycles. The van der Waals surface area contributed by atoms with Crippen molar-refractivity contribution in [2.75, 3.05) is 7.05 Å². The molecule has 112 valence electrons. The standard InChI is InChI=1S/C17H18N4O/c1-11-4-6-13(7-5-11)10-21(3)17(22)14-8-15-12(2)19-20-16(15)18-9-14/h4-9H,10H2,1-3H3,(H,18,19,20). The van der Waals surface area contributed by atoms with E-state index < -0.39 is 0 Å². The molecule has 5 heteroatoms. The molecule has 0 saturated carbocycles. The third kappa shape index (κ3) is 2.70. The molecule has 0 atom stereocenters. The Labute approximate surface area is 129 Å². The molecule has 0 aliphatic rings. The lowest BCUT2D eigenvalue weighted by Gasteiger charge is -2.17. The molecule has 3 rings (SSSR count). The number of fused-ring (bicyclic) bond motifs is 1. The van der Waals surface area contributed by atoms with Gasteiger partial charge in [0.1, 0.15) is 0 Å². The number of benzene rings is 1. The van der Waals surface area contributed by atoms with Crippen molar-refractivity contribution in [3.8, 4) is 0 Å². The zero-order valence-electron chi connectivity index (χ0n) is 12.9. The van der Waals surface area contributed by atoms with Crippen molar-refractivity contribution in [2.45, 2.75) is 20.4 Å². The lowest BCUT2D eigenvalue weighted by Crippen LogP contribution is -2.26. The molecule has 0 bridgehead atoms. The number of carbonyl (C=O) groups excluding carboxylic acids is 1. The van der Waals surface area contributed by atoms with Crippen LogP contribution in [0.5, 0.6) is 0 Å². The predicted molar refractivity (Wildman–Crippen MR) is 85.6 cm³/mol. The van der Waals surface area contributed by atoms with Gasteiger partial charge in [-0.25, -0.2) is 4.98 Å². The highest BCUT2D eigenvalue weighted by Crippen LogP contribution is 2.16. The minimum Gasteiger partial charge on any atom is -0.337 e. The molecule has 0 spiro atoms. The van der Waals surface area contributed by atoms with E-state index in [-0.39, 0.29) is 5.91 Å². The third-order valence-corrected chi connectivity index (χ3v) is 3.73. The van der Waals surface area contributed by atoms with Crippen molar-refractivity contribution in [1.82, 2.24) is 20.1 Å². The van der Waals surface area contributed by atoms with Crippen molar-refractivity contribution in [2.24, 2.45) is 0 Å². The van der Waals surface area contributed by atoms with Gasteiger partial charge in [0.15, 0.2) is 5.65 Å². The summed E-state index contributed by atoms with van der Waals surface area (Å²) in [4.78, 5) is 18.5. The fourth-order valence-electron chi connectivity index (χ4n) is 2.40. The molecule has 0 unspecified atom stereocenters. The first-order valence-corrected chi connectivity index (χ1v) is 7.16. The normalized spacial score (nSPS) is 10.9. The Kier molecular flexibility index (Phi) is 3.63. The third-order valence-electron chi connectivity index (χ3n) is 3.73. The summed E-state index contributed by atoms with van der Waals surface area (Å²) >= 11 is 0. The zero-order valence-corrected chi connectivity index (χ0v) is 12.9. The van der Waals surface area contributed by atoms with Crippen LogP contribution in [0.25, 0.3) is 11.0 Å². The van der Waals surface area contributed by atoms with Crippen LogP contribution >= 0.6 is 0 Å². The van der Waals surface area contributed by atoms with Gasteiger partial charge in [0, 0.05) is 30.9 Å². The molecule has 1 amide bonds. The SMILES string of the molecule is Cc1ccc(CN(C)C(=O)c2cnc3n[nH]c(C)c3c2)cc1. The molecule has 2 aromatic heterocycles. The maximum atomic E-state index is 12.5. The summed E-state index contributed by atoms with van der Waals surface area (Å²) in [6.45, 7) is 4.54. The molecular weight excluding hydrogens is 276 g/mol. The number of hydrogen-bond acceptors (Lipinski definition) is 3. The number of carbonyl (C=O) groups is 1. The van der Waals surface area contributed by atoms with Gasteiger partial charge in [-0.15, -0.1) is 0 Å². The van der Waals surface area contributed by atoms with E-state index in [4.69, 9.17) is 0 Å². The van der Waals surface area contributed by atoms with Gasteiger partial charge in [0.05, 0.1) is 5.56 Å². The number of aromatic amines is 1. The smallest absolute Gasteiger partial charge is 0.255 e. The van der Waals surface area contributed by atoms with Gasteiger partial charge in [-0.05, 0) is 25.5 Å². The Morgan fingerprint density at radius 1 is 1.23 bits per heavy atom. The molecule has 1 N–H and O–H groups in total. The van der Waals surface area contributed by atoms with E-state index in [0.717, 1.165) is 16.6 Å². The van der Waals surface area contributed by atoms with Crippen molar-refractivity contribution in [1.29, 1.82) is 0 Å². The summed E-state index contributed by atoms with van der Waals surface area (Å²) in [5.74, 6) is -0.0458. The van der Waals surface area contributed by atoms with Crippen molar-refractivity contribution in [3.63, 3.8) is 0 Å². The molecule has 0 fully saturated rings. The summed E-state index contributed by atoms with van der Waals surface area (Å²) in [5, 5.41) is 7.84. The highest BCUT2D eigenvalue weighted by molar-refractivity contribution is 5.97. The molecule has 3 aromatic rings. The first-order chi connectivity index (χ1) is 10.5.